The maximum Gasteiger partial charge on any atom is 0.263 e. The van der Waals surface area contributed by atoms with Gasteiger partial charge in [-0.3, -0.25) is 4.79 Å². The van der Waals surface area contributed by atoms with E-state index in [1.165, 1.54) is 33.3 Å². The van der Waals surface area contributed by atoms with E-state index in [0.29, 0.717) is 15.8 Å². The van der Waals surface area contributed by atoms with Crippen molar-refractivity contribution in [3.8, 4) is 10.4 Å². The van der Waals surface area contributed by atoms with Crippen LogP contribution in [0.3, 0.4) is 0 Å². The maximum atomic E-state index is 11.9. The van der Waals surface area contributed by atoms with Gasteiger partial charge in [-0.15, -0.1) is 11.3 Å². The lowest BCUT2D eigenvalue weighted by Crippen LogP contribution is -2.22. The smallest absolute Gasteiger partial charge is 0.263 e. The molecule has 1 aromatic carbocycles. The summed E-state index contributed by atoms with van der Waals surface area (Å²) in [5, 5.41) is 11.9. The van der Waals surface area contributed by atoms with Crippen LogP contribution in [0.5, 0.6) is 0 Å². The van der Waals surface area contributed by atoms with Crippen molar-refractivity contribution in [1.29, 1.82) is 0 Å². The highest BCUT2D eigenvalue weighted by atomic mass is 32.2. The van der Waals surface area contributed by atoms with Gasteiger partial charge in [0.25, 0.3) is 5.91 Å². The molecule has 2 aliphatic rings. The van der Waals surface area contributed by atoms with Crippen molar-refractivity contribution in [3.05, 3.63) is 45.2 Å². The summed E-state index contributed by atoms with van der Waals surface area (Å²) in [5.74, 6) is -0.116. The Balaban J connectivity index is 1.74. The number of nitrogens with one attached hydrogen (secondary N) is 1. The number of rotatable bonds is 4. The van der Waals surface area contributed by atoms with Crippen molar-refractivity contribution in [3.63, 3.8) is 0 Å². The first kappa shape index (κ1) is 18.7. The molecule has 0 spiro atoms. The summed E-state index contributed by atoms with van der Waals surface area (Å²) in [6.45, 7) is 5.23. The molecule has 7 heteroatoms. The number of fused-ring (bicyclic) bond motifs is 3. The van der Waals surface area contributed by atoms with Crippen LogP contribution in [-0.4, -0.2) is 35.5 Å². The lowest BCUT2D eigenvalue weighted by atomic mass is 9.82. The van der Waals surface area contributed by atoms with Gasteiger partial charge in [-0.05, 0) is 41.0 Å². The molecule has 2 heterocycles. The van der Waals surface area contributed by atoms with Gasteiger partial charge < -0.3 is 15.3 Å². The van der Waals surface area contributed by atoms with Crippen LogP contribution < -0.4 is 10.2 Å². The number of carbonyl (C=O) groups excluding carboxylic acids is 1. The SMILES string of the molecule is CN(CCO)c1ccc2c(c1)C(C)(C)c1cc(/C=C3\SC(=S)NC3=O)sc1-2. The zero-order chi connectivity index (χ0) is 19.3. The highest BCUT2D eigenvalue weighted by Gasteiger charge is 2.37. The molecule has 0 radical (unpaired) electrons. The molecule has 0 saturated carbocycles. The zero-order valence-corrected chi connectivity index (χ0v) is 17.8. The van der Waals surface area contributed by atoms with E-state index in [4.69, 9.17) is 12.2 Å². The summed E-state index contributed by atoms with van der Waals surface area (Å²) in [6.07, 6.45) is 1.93. The Morgan fingerprint density at radius 2 is 2.07 bits per heavy atom. The summed E-state index contributed by atoms with van der Waals surface area (Å²) in [5.41, 5.74) is 4.86. The van der Waals surface area contributed by atoms with Crippen molar-refractivity contribution in [1.82, 2.24) is 5.32 Å². The van der Waals surface area contributed by atoms with Gasteiger partial charge in [0.05, 0.1) is 11.5 Å². The average Bonchev–Trinajstić information content (AvgIpc) is 3.23. The fraction of sp³-hybridized carbons (Fsp3) is 0.300. The fourth-order valence-electron chi connectivity index (χ4n) is 3.60. The van der Waals surface area contributed by atoms with Crippen LogP contribution in [0.15, 0.2) is 29.2 Å². The molecule has 1 aliphatic carbocycles. The van der Waals surface area contributed by atoms with Gasteiger partial charge in [-0.1, -0.05) is 43.9 Å². The molecule has 4 nitrogen and oxygen atoms in total. The monoisotopic (exact) mass is 416 g/mol. The van der Waals surface area contributed by atoms with E-state index in [1.807, 2.05) is 13.1 Å². The molecule has 140 valence electrons. The van der Waals surface area contributed by atoms with E-state index in [2.05, 4.69) is 48.3 Å². The Hall–Kier alpha value is -1.67. The number of hydrogen-bond donors (Lipinski definition) is 2. The second-order valence-electron chi connectivity index (χ2n) is 7.24. The van der Waals surface area contributed by atoms with E-state index >= 15 is 0 Å². The predicted molar refractivity (Wildman–Crippen MR) is 119 cm³/mol. The summed E-state index contributed by atoms with van der Waals surface area (Å²) < 4.78 is 0.514. The summed E-state index contributed by atoms with van der Waals surface area (Å²) >= 11 is 8.10. The molecular weight excluding hydrogens is 396 g/mol. The van der Waals surface area contributed by atoms with Crippen LogP contribution in [-0.2, 0) is 10.2 Å². The standard InChI is InChI=1S/C20H20N2O2S3/c1-20(2)14-8-11(22(3)6-7-23)4-5-13(14)17-15(20)9-12(26-17)10-16-18(24)21-19(25)27-16/h4-5,8-10,23H,6-7H2,1-3H3,(H,21,24,25)/b16-10-. The number of amides is 1. The van der Waals surface area contributed by atoms with Crippen molar-refractivity contribution < 1.29 is 9.90 Å². The number of thioether (sulfide) groups is 1. The van der Waals surface area contributed by atoms with Gasteiger partial charge in [-0.25, -0.2) is 0 Å². The Morgan fingerprint density at radius 3 is 2.74 bits per heavy atom. The van der Waals surface area contributed by atoms with E-state index in [-0.39, 0.29) is 17.9 Å². The normalized spacial score (nSPS) is 18.6. The summed E-state index contributed by atoms with van der Waals surface area (Å²) in [4.78, 5) is 17.0. The number of aliphatic hydroxyl groups is 1. The van der Waals surface area contributed by atoms with E-state index in [0.717, 1.165) is 10.6 Å². The van der Waals surface area contributed by atoms with Crippen LogP contribution >= 0.6 is 35.3 Å². The molecule has 2 N–H and O–H groups in total. The number of thiophene rings is 1. The van der Waals surface area contributed by atoms with Gasteiger partial charge in [0.2, 0.25) is 0 Å². The van der Waals surface area contributed by atoms with Crippen LogP contribution in [0.1, 0.15) is 29.9 Å². The van der Waals surface area contributed by atoms with Crippen LogP contribution in [0, 0.1) is 0 Å². The van der Waals surface area contributed by atoms with E-state index in [1.54, 1.807) is 11.3 Å². The zero-order valence-electron chi connectivity index (χ0n) is 15.3. The van der Waals surface area contributed by atoms with Crippen molar-refractivity contribution >= 4 is 57.3 Å². The molecule has 1 aromatic heterocycles. The highest BCUT2D eigenvalue weighted by Crippen LogP contribution is 2.53. The summed E-state index contributed by atoms with van der Waals surface area (Å²) in [6, 6.07) is 8.70. The second kappa shape index (κ2) is 6.74. The molecule has 1 fully saturated rings. The number of nitrogens with zero attached hydrogens (tertiary/aromatic N) is 1. The Bertz CT molecular complexity index is 991. The lowest BCUT2D eigenvalue weighted by Gasteiger charge is -2.24. The second-order valence-corrected chi connectivity index (χ2v) is 10.0. The first-order chi connectivity index (χ1) is 12.8. The number of benzene rings is 1. The first-order valence-corrected chi connectivity index (χ1v) is 10.7. The van der Waals surface area contributed by atoms with Crippen LogP contribution in [0.4, 0.5) is 5.69 Å². The lowest BCUT2D eigenvalue weighted by molar-refractivity contribution is -0.115. The minimum Gasteiger partial charge on any atom is -0.395 e. The fourth-order valence-corrected chi connectivity index (χ4v) is 6.02. The Kier molecular flexibility index (Phi) is 4.66. The topological polar surface area (TPSA) is 52.6 Å². The Labute approximate surface area is 172 Å². The van der Waals surface area contributed by atoms with Crippen molar-refractivity contribution in [2.45, 2.75) is 19.3 Å². The largest absolute Gasteiger partial charge is 0.395 e. The molecule has 2 aromatic rings. The average molecular weight is 417 g/mol. The third kappa shape index (κ3) is 3.12. The molecule has 0 unspecified atom stereocenters. The number of thiocarbonyl (C=S) groups is 1. The van der Waals surface area contributed by atoms with E-state index < -0.39 is 0 Å². The van der Waals surface area contributed by atoms with Gasteiger partial charge in [0.15, 0.2) is 0 Å². The van der Waals surface area contributed by atoms with Crippen LogP contribution in [0.2, 0.25) is 0 Å². The molecule has 4 rings (SSSR count). The maximum absolute atomic E-state index is 11.9. The predicted octanol–water partition coefficient (Wildman–Crippen LogP) is 3.97. The summed E-state index contributed by atoms with van der Waals surface area (Å²) in [7, 11) is 1.99. The quantitative estimate of drug-likeness (QED) is 0.583. The minimum atomic E-state index is -0.116. The highest BCUT2D eigenvalue weighted by molar-refractivity contribution is 8.26. The number of aliphatic hydroxyl groups excluding tert-OH is 1. The van der Waals surface area contributed by atoms with Gasteiger partial charge in [0.1, 0.15) is 4.32 Å². The molecule has 0 atom stereocenters. The number of carbonyl (C=O) groups is 1. The van der Waals surface area contributed by atoms with Gasteiger partial charge >= 0.3 is 0 Å². The molecule has 27 heavy (non-hydrogen) atoms. The van der Waals surface area contributed by atoms with Crippen molar-refractivity contribution in [2.24, 2.45) is 0 Å². The molecular formula is C20H20N2O2S3. The first-order valence-electron chi connectivity index (χ1n) is 8.67. The minimum absolute atomic E-state index is 0.103. The third-order valence-corrected chi connectivity index (χ3v) is 7.42. The number of anilines is 1. The number of hydrogen-bond acceptors (Lipinski definition) is 6. The molecule has 0 bridgehead atoms. The van der Waals surface area contributed by atoms with Crippen LogP contribution in [0.25, 0.3) is 16.5 Å². The van der Waals surface area contributed by atoms with E-state index in [9.17, 15) is 9.90 Å². The number of likely N-dealkylation sites (N-methyl/N-ethyl adjacent to an activating group) is 1. The molecule has 1 amide bonds. The van der Waals surface area contributed by atoms with Crippen molar-refractivity contribution in [2.75, 3.05) is 25.1 Å². The van der Waals surface area contributed by atoms with Gasteiger partial charge in [-0.2, -0.15) is 0 Å². The Morgan fingerprint density at radius 1 is 1.30 bits per heavy atom. The van der Waals surface area contributed by atoms with Gasteiger partial charge in [0, 0.05) is 34.4 Å². The molecule has 1 aliphatic heterocycles. The molecule has 1 saturated heterocycles. The third-order valence-electron chi connectivity index (χ3n) is 5.14.